The van der Waals surface area contributed by atoms with Gasteiger partial charge in [-0.15, -0.1) is 0 Å². The van der Waals surface area contributed by atoms with E-state index in [0.717, 1.165) is 43.3 Å². The fourth-order valence-electron chi connectivity index (χ4n) is 1.94. The summed E-state index contributed by atoms with van der Waals surface area (Å²) in [4.78, 5) is 34.2. The van der Waals surface area contributed by atoms with Crippen LogP contribution in [-0.4, -0.2) is 75.4 Å². The lowest BCUT2D eigenvalue weighted by Gasteiger charge is -2.23. The second-order valence-corrected chi connectivity index (χ2v) is 9.22. The third-order valence-electron chi connectivity index (χ3n) is 4.94. The van der Waals surface area contributed by atoms with Gasteiger partial charge in [0.05, 0.1) is 27.7 Å². The molecule has 0 aromatic heterocycles. The van der Waals surface area contributed by atoms with Gasteiger partial charge in [0.2, 0.25) is 17.7 Å². The van der Waals surface area contributed by atoms with Crippen molar-refractivity contribution in [2.24, 2.45) is 23.5 Å². The van der Waals surface area contributed by atoms with Crippen LogP contribution < -0.4 is 23.5 Å². The van der Waals surface area contributed by atoms with Crippen molar-refractivity contribution in [3.63, 3.8) is 0 Å². The fraction of sp³-hybridized carbons (Fsp3) is 0.897. The molecule has 0 bridgehead atoms. The standard InChI is InChI=1S/C11H24N2O.C7H15NO.C5H11NO.6CH4.ClH/c1-6-10(2)11(14)12-8-7-9-13(3,4)5;1-5-6(2)7(9)8(3)4;1-3-4(2)5(6)7;;;;;;;/h10H,6-9H2,1-5H3;6H,5H2,1-4H3;4H,3H2,1-2H3,(H2,6,7);6*1H4;1H. The van der Waals surface area contributed by atoms with Gasteiger partial charge in [0.15, 0.2) is 0 Å². The lowest BCUT2D eigenvalue weighted by Crippen LogP contribution is -3.00. The van der Waals surface area contributed by atoms with E-state index in [2.05, 4.69) is 26.5 Å². The molecule has 3 unspecified atom stereocenters. The smallest absolute Gasteiger partial charge is 0.224 e. The highest BCUT2D eigenvalue weighted by atomic mass is 35.5. The minimum absolute atomic E-state index is 0. The van der Waals surface area contributed by atoms with Crippen molar-refractivity contribution < 1.29 is 31.3 Å². The second kappa shape index (κ2) is 36.8. The molecule has 0 spiro atoms. The molecule has 8 heteroatoms. The van der Waals surface area contributed by atoms with Gasteiger partial charge in [-0.3, -0.25) is 14.4 Å². The van der Waals surface area contributed by atoms with E-state index < -0.39 is 0 Å². The number of halogens is 1. The van der Waals surface area contributed by atoms with Crippen LogP contribution in [0.3, 0.4) is 0 Å². The first-order valence-corrected chi connectivity index (χ1v) is 11.2. The van der Waals surface area contributed by atoms with Crippen LogP contribution in [-0.2, 0) is 14.4 Å². The molecule has 0 fully saturated rings. The summed E-state index contributed by atoms with van der Waals surface area (Å²) < 4.78 is 0.958. The molecule has 0 saturated carbocycles. The monoisotopic (exact) mass is 563 g/mol. The quantitative estimate of drug-likeness (QED) is 0.314. The molecule has 0 heterocycles. The SMILES string of the molecule is C.C.C.C.C.C.CCC(C)C(=O)N(C)C.CCC(C)C(=O)NCCC[N+](C)(C)C.CCC(C)C(N)=O.[Cl-]. The Balaban J connectivity index is -0.0000000355. The summed E-state index contributed by atoms with van der Waals surface area (Å²) in [5.41, 5.74) is 4.91. The van der Waals surface area contributed by atoms with Gasteiger partial charge in [0, 0.05) is 44.8 Å². The highest BCUT2D eigenvalue weighted by molar-refractivity contribution is 5.78. The molecule has 0 rings (SSSR count). The summed E-state index contributed by atoms with van der Waals surface area (Å²) in [5.74, 6) is 0.577. The van der Waals surface area contributed by atoms with E-state index in [4.69, 9.17) is 5.73 Å². The summed E-state index contributed by atoms with van der Waals surface area (Å²) in [6, 6.07) is 0. The molecule has 0 aliphatic carbocycles. The second-order valence-electron chi connectivity index (χ2n) is 9.22. The average molecular weight is 563 g/mol. The Hall–Kier alpha value is -1.34. The zero-order chi connectivity index (χ0) is 24.5. The number of carbonyl (C=O) groups is 3. The van der Waals surface area contributed by atoms with Crippen LogP contribution in [0.2, 0.25) is 0 Å². The number of amides is 3. The van der Waals surface area contributed by atoms with E-state index in [1.165, 1.54) is 0 Å². The van der Waals surface area contributed by atoms with Crippen LogP contribution in [0.5, 0.6) is 0 Å². The van der Waals surface area contributed by atoms with Gasteiger partial charge in [0.1, 0.15) is 0 Å². The van der Waals surface area contributed by atoms with Crippen LogP contribution in [0.15, 0.2) is 0 Å². The fourth-order valence-corrected chi connectivity index (χ4v) is 1.94. The first kappa shape index (κ1) is 65.1. The van der Waals surface area contributed by atoms with Crippen molar-refractivity contribution >= 4 is 17.7 Å². The highest BCUT2D eigenvalue weighted by Gasteiger charge is 2.11. The number of hydrogen-bond acceptors (Lipinski definition) is 3. The molecule has 0 aromatic carbocycles. The third kappa shape index (κ3) is 45.0. The summed E-state index contributed by atoms with van der Waals surface area (Å²) in [6.45, 7) is 13.6. The number of nitrogens with two attached hydrogens (primary N) is 1. The van der Waals surface area contributed by atoms with Gasteiger partial charge in [-0.05, 0) is 19.3 Å². The predicted molar refractivity (Wildman–Crippen MR) is 167 cm³/mol. The van der Waals surface area contributed by atoms with Crippen LogP contribution in [0.4, 0.5) is 0 Å². The lowest BCUT2D eigenvalue weighted by molar-refractivity contribution is -0.870. The molecule has 3 atom stereocenters. The zero-order valence-electron chi connectivity index (χ0n) is 22.0. The Labute approximate surface area is 242 Å². The molecule has 0 aliphatic rings. The molecule has 236 valence electrons. The number of nitrogens with zero attached hydrogens (tertiary/aromatic N) is 2. The van der Waals surface area contributed by atoms with E-state index in [9.17, 15) is 14.4 Å². The number of carbonyl (C=O) groups excluding carboxylic acids is 3. The van der Waals surface area contributed by atoms with E-state index in [-0.39, 0.29) is 92.4 Å². The molecule has 0 radical (unpaired) electrons. The summed E-state index contributed by atoms with van der Waals surface area (Å²) in [6.07, 6.45) is 3.74. The van der Waals surface area contributed by atoms with Crippen LogP contribution in [0, 0.1) is 17.8 Å². The number of primary amides is 1. The maximum atomic E-state index is 11.4. The van der Waals surface area contributed by atoms with E-state index in [0.29, 0.717) is 0 Å². The van der Waals surface area contributed by atoms with E-state index in [1.807, 2.05) is 41.5 Å². The van der Waals surface area contributed by atoms with Crippen molar-refractivity contribution in [1.82, 2.24) is 10.2 Å². The van der Waals surface area contributed by atoms with Gasteiger partial charge >= 0.3 is 0 Å². The maximum absolute atomic E-state index is 11.4. The molecule has 3 N–H and O–H groups in total. The number of quaternary nitrogens is 1. The third-order valence-corrected chi connectivity index (χ3v) is 4.94. The van der Waals surface area contributed by atoms with E-state index in [1.54, 1.807) is 19.0 Å². The zero-order valence-corrected chi connectivity index (χ0v) is 22.8. The number of nitrogens with one attached hydrogen (secondary N) is 1. The first-order chi connectivity index (χ1) is 13.6. The van der Waals surface area contributed by atoms with Gasteiger partial charge in [0.25, 0.3) is 0 Å². The normalized spacial score (nSPS) is 10.9. The maximum Gasteiger partial charge on any atom is 0.224 e. The molecule has 3 amide bonds. The van der Waals surface area contributed by atoms with Crippen LogP contribution >= 0.6 is 0 Å². The summed E-state index contributed by atoms with van der Waals surface area (Å²) in [7, 11) is 10.1. The van der Waals surface area contributed by atoms with Crippen molar-refractivity contribution in [2.75, 3.05) is 48.3 Å². The van der Waals surface area contributed by atoms with Crippen molar-refractivity contribution in [2.45, 2.75) is 112 Å². The molecule has 37 heavy (non-hydrogen) atoms. The average Bonchev–Trinajstić information content (AvgIpc) is 2.68. The van der Waals surface area contributed by atoms with Gasteiger partial charge < -0.3 is 32.8 Å². The van der Waals surface area contributed by atoms with Crippen LogP contribution in [0.1, 0.15) is 112 Å². The minimum atomic E-state index is -0.206. The molecule has 0 aliphatic heterocycles. The Kier molecular flexibility index (Phi) is 64.7. The van der Waals surface area contributed by atoms with Crippen LogP contribution in [0.25, 0.3) is 0 Å². The first-order valence-electron chi connectivity index (χ1n) is 11.2. The van der Waals surface area contributed by atoms with Gasteiger partial charge in [-0.1, -0.05) is 86.1 Å². The highest BCUT2D eigenvalue weighted by Crippen LogP contribution is 2.02. The van der Waals surface area contributed by atoms with Gasteiger partial charge in [-0.25, -0.2) is 0 Å². The summed E-state index contributed by atoms with van der Waals surface area (Å²) >= 11 is 0. The number of rotatable bonds is 10. The molecule has 0 aromatic rings. The van der Waals surface area contributed by atoms with Crippen molar-refractivity contribution in [3.8, 4) is 0 Å². The Morgan fingerprint density at radius 2 is 1.11 bits per heavy atom. The van der Waals surface area contributed by atoms with Gasteiger partial charge in [-0.2, -0.15) is 0 Å². The number of hydrogen-bond donors (Lipinski definition) is 2. The molecule has 0 saturated heterocycles. The van der Waals surface area contributed by atoms with Crippen molar-refractivity contribution in [3.05, 3.63) is 0 Å². The Morgan fingerprint density at radius 3 is 1.30 bits per heavy atom. The van der Waals surface area contributed by atoms with E-state index >= 15 is 0 Å². The Morgan fingerprint density at radius 1 is 0.757 bits per heavy atom. The topological polar surface area (TPSA) is 92.5 Å². The molecular weight excluding hydrogens is 488 g/mol. The van der Waals surface area contributed by atoms with Crippen molar-refractivity contribution in [1.29, 1.82) is 0 Å². The minimum Gasteiger partial charge on any atom is -1.00 e. The largest absolute Gasteiger partial charge is 1.00 e. The summed E-state index contributed by atoms with van der Waals surface area (Å²) in [5, 5.41) is 2.96. The molecular formula is C29H75ClN4O3. The predicted octanol–water partition coefficient (Wildman–Crippen LogP) is 3.70. The Bertz CT molecular complexity index is 482. The lowest BCUT2D eigenvalue weighted by atomic mass is 10.1. The molecule has 7 nitrogen and oxygen atoms in total.